The van der Waals surface area contributed by atoms with Crippen LogP contribution in [0.1, 0.15) is 0 Å². The first-order chi connectivity index (χ1) is 23.8. The first-order valence-electron chi connectivity index (χ1n) is 15.8. The van der Waals surface area contributed by atoms with Gasteiger partial charge in [-0.25, -0.2) is 15.0 Å². The lowest BCUT2D eigenvalue weighted by molar-refractivity contribution is 0.664. The number of aromatic nitrogens is 4. The Morgan fingerprint density at radius 2 is 1.04 bits per heavy atom. The summed E-state index contributed by atoms with van der Waals surface area (Å²) < 4.78 is 13.3. The summed E-state index contributed by atoms with van der Waals surface area (Å²) >= 11 is 0. The quantitative estimate of drug-likeness (QED) is 0.196. The average molecular weight is 617 g/mol. The number of pyridine rings is 1. The van der Waals surface area contributed by atoms with Crippen molar-refractivity contribution in [2.24, 2.45) is 0 Å². The molecule has 0 aliphatic heterocycles. The molecule has 0 saturated carbocycles. The third kappa shape index (κ3) is 4.13. The second-order valence-corrected chi connectivity index (χ2v) is 11.9. The summed E-state index contributed by atoms with van der Waals surface area (Å²) in [7, 11) is 0. The molecule has 0 atom stereocenters. The maximum Gasteiger partial charge on any atom is 0.164 e. The zero-order valence-electron chi connectivity index (χ0n) is 25.5. The van der Waals surface area contributed by atoms with Gasteiger partial charge in [-0.1, -0.05) is 103 Å². The summed E-state index contributed by atoms with van der Waals surface area (Å²) in [5, 5.41) is 6.30. The minimum atomic E-state index is 0.562. The lowest BCUT2D eigenvalue weighted by Gasteiger charge is -2.11. The van der Waals surface area contributed by atoms with E-state index in [1.165, 1.54) is 5.39 Å². The molecular weight excluding hydrogens is 592 g/mol. The molecule has 4 heterocycles. The number of fused-ring (bicyclic) bond motifs is 7. The summed E-state index contributed by atoms with van der Waals surface area (Å²) in [6, 6.07) is 45.1. The van der Waals surface area contributed by atoms with Gasteiger partial charge >= 0.3 is 0 Å². The van der Waals surface area contributed by atoms with Crippen molar-refractivity contribution in [1.82, 2.24) is 19.9 Å². The third-order valence-electron chi connectivity index (χ3n) is 9.02. The highest BCUT2D eigenvalue weighted by Crippen LogP contribution is 2.44. The molecule has 0 saturated heterocycles. The molecule has 0 radical (unpaired) electrons. The molecule has 6 aromatic carbocycles. The summed E-state index contributed by atoms with van der Waals surface area (Å²) in [4.78, 5) is 19.4. The molecule has 48 heavy (non-hydrogen) atoms. The van der Waals surface area contributed by atoms with Gasteiger partial charge in [-0.15, -0.1) is 0 Å². The standard InChI is InChI=1S/C42H24N4O2/c1-3-10-25(11-4-1)40-44-41(26-12-5-2-6-13-26)46-42(45-40)33-19-18-31(39-37(33)32-20-21-43-24-36(32)48-39)29-16-9-17-30-34-22-27-14-7-8-15-28(27)23-35(34)47-38(29)30/h1-24H. The van der Waals surface area contributed by atoms with Crippen LogP contribution in [-0.2, 0) is 0 Å². The van der Waals surface area contributed by atoms with Gasteiger partial charge < -0.3 is 8.83 Å². The fourth-order valence-corrected chi connectivity index (χ4v) is 6.76. The molecule has 0 amide bonds. The summed E-state index contributed by atoms with van der Waals surface area (Å²) in [6.07, 6.45) is 3.55. The van der Waals surface area contributed by atoms with Gasteiger partial charge in [0.2, 0.25) is 0 Å². The first-order valence-corrected chi connectivity index (χ1v) is 15.8. The molecule has 0 N–H and O–H groups in total. The molecule has 0 aliphatic rings. The number of nitrogens with zero attached hydrogens (tertiary/aromatic N) is 4. The molecule has 0 unspecified atom stereocenters. The highest BCUT2D eigenvalue weighted by molar-refractivity contribution is 6.19. The van der Waals surface area contributed by atoms with Gasteiger partial charge in [0.1, 0.15) is 16.7 Å². The minimum Gasteiger partial charge on any atom is -0.455 e. The minimum absolute atomic E-state index is 0.562. The monoisotopic (exact) mass is 616 g/mol. The SMILES string of the molecule is c1ccc(-c2nc(-c3ccccc3)nc(-c3ccc(-c4cccc5c4oc4cc6ccccc6cc45)c4oc5cnccc5c34)n2)cc1. The maximum absolute atomic E-state index is 6.64. The van der Waals surface area contributed by atoms with Gasteiger partial charge in [0, 0.05) is 55.6 Å². The molecular formula is C42H24N4O2. The number of furan rings is 2. The summed E-state index contributed by atoms with van der Waals surface area (Å²) in [5.74, 6) is 1.77. The van der Waals surface area contributed by atoms with E-state index in [1.54, 1.807) is 12.4 Å². The second kappa shape index (κ2) is 10.4. The van der Waals surface area contributed by atoms with E-state index in [9.17, 15) is 0 Å². The number of hydrogen-bond acceptors (Lipinski definition) is 6. The predicted octanol–water partition coefficient (Wildman–Crippen LogP) is 10.9. The molecule has 0 spiro atoms. The molecule has 10 aromatic rings. The van der Waals surface area contributed by atoms with Gasteiger partial charge in [0.05, 0.1) is 6.20 Å². The van der Waals surface area contributed by atoms with Crippen molar-refractivity contribution in [2.45, 2.75) is 0 Å². The van der Waals surface area contributed by atoms with Crippen molar-refractivity contribution >= 4 is 54.6 Å². The lowest BCUT2D eigenvalue weighted by Crippen LogP contribution is -2.00. The van der Waals surface area contributed by atoms with Gasteiger partial charge in [0.15, 0.2) is 23.1 Å². The highest BCUT2D eigenvalue weighted by Gasteiger charge is 2.23. The third-order valence-corrected chi connectivity index (χ3v) is 9.02. The van der Waals surface area contributed by atoms with Crippen LogP contribution >= 0.6 is 0 Å². The van der Waals surface area contributed by atoms with E-state index < -0.39 is 0 Å². The molecule has 0 aliphatic carbocycles. The van der Waals surface area contributed by atoms with E-state index in [2.05, 4.69) is 71.7 Å². The Hall–Kier alpha value is -6.66. The van der Waals surface area contributed by atoms with Crippen molar-refractivity contribution in [2.75, 3.05) is 0 Å². The smallest absolute Gasteiger partial charge is 0.164 e. The van der Waals surface area contributed by atoms with Gasteiger partial charge in [-0.3, -0.25) is 4.98 Å². The molecule has 6 nitrogen and oxygen atoms in total. The second-order valence-electron chi connectivity index (χ2n) is 11.9. The van der Waals surface area contributed by atoms with Crippen molar-refractivity contribution in [1.29, 1.82) is 0 Å². The molecule has 4 aromatic heterocycles. The Labute approximate surface area is 274 Å². The van der Waals surface area contributed by atoms with Gasteiger partial charge in [0.25, 0.3) is 0 Å². The Morgan fingerprint density at radius 1 is 0.417 bits per heavy atom. The Bertz CT molecular complexity index is 2780. The number of rotatable bonds is 4. The largest absolute Gasteiger partial charge is 0.455 e. The zero-order chi connectivity index (χ0) is 31.6. The van der Waals surface area contributed by atoms with E-state index in [-0.39, 0.29) is 0 Å². The number of benzene rings is 6. The van der Waals surface area contributed by atoms with Crippen molar-refractivity contribution in [3.8, 4) is 45.3 Å². The van der Waals surface area contributed by atoms with Crippen molar-refractivity contribution in [3.63, 3.8) is 0 Å². The Kier molecular flexibility index (Phi) is 5.77. The molecule has 6 heteroatoms. The average Bonchev–Trinajstić information content (AvgIpc) is 3.73. The van der Waals surface area contributed by atoms with E-state index in [0.717, 1.165) is 71.5 Å². The van der Waals surface area contributed by atoms with Crippen LogP contribution in [-0.4, -0.2) is 19.9 Å². The Morgan fingerprint density at radius 3 is 1.79 bits per heavy atom. The lowest BCUT2D eigenvalue weighted by atomic mass is 9.96. The van der Waals surface area contributed by atoms with Crippen LogP contribution in [0.4, 0.5) is 0 Å². The van der Waals surface area contributed by atoms with E-state index >= 15 is 0 Å². The topological polar surface area (TPSA) is 77.8 Å². The van der Waals surface area contributed by atoms with Crippen LogP contribution in [0.15, 0.2) is 155 Å². The van der Waals surface area contributed by atoms with E-state index in [1.807, 2.05) is 66.7 Å². The maximum atomic E-state index is 6.64. The van der Waals surface area contributed by atoms with Crippen molar-refractivity contribution < 1.29 is 8.83 Å². The first kappa shape index (κ1) is 26.5. The van der Waals surface area contributed by atoms with Gasteiger partial charge in [-0.05, 0) is 41.1 Å². The van der Waals surface area contributed by atoms with Crippen molar-refractivity contribution in [3.05, 3.63) is 146 Å². The molecule has 0 bridgehead atoms. The molecule has 10 rings (SSSR count). The van der Waals surface area contributed by atoms with E-state index in [0.29, 0.717) is 23.1 Å². The summed E-state index contributed by atoms with van der Waals surface area (Å²) in [5.41, 5.74) is 7.60. The number of hydrogen-bond donors (Lipinski definition) is 0. The zero-order valence-corrected chi connectivity index (χ0v) is 25.5. The van der Waals surface area contributed by atoms with Crippen LogP contribution in [0.3, 0.4) is 0 Å². The van der Waals surface area contributed by atoms with Gasteiger partial charge in [-0.2, -0.15) is 0 Å². The van der Waals surface area contributed by atoms with Crippen LogP contribution < -0.4 is 0 Å². The van der Waals surface area contributed by atoms with Crippen LogP contribution in [0.5, 0.6) is 0 Å². The molecule has 0 fully saturated rings. The predicted molar refractivity (Wildman–Crippen MR) is 191 cm³/mol. The summed E-state index contributed by atoms with van der Waals surface area (Å²) in [6.45, 7) is 0. The molecule has 224 valence electrons. The normalized spacial score (nSPS) is 11.8. The van der Waals surface area contributed by atoms with Crippen LogP contribution in [0, 0.1) is 0 Å². The van der Waals surface area contributed by atoms with Crippen LogP contribution in [0.25, 0.3) is 99.9 Å². The fraction of sp³-hybridized carbons (Fsp3) is 0. The highest BCUT2D eigenvalue weighted by atomic mass is 16.3. The Balaban J connectivity index is 1.25. The van der Waals surface area contributed by atoms with E-state index in [4.69, 9.17) is 23.8 Å². The fourth-order valence-electron chi connectivity index (χ4n) is 6.76. The number of para-hydroxylation sites is 1. The van der Waals surface area contributed by atoms with Crippen LogP contribution in [0.2, 0.25) is 0 Å².